The molecule has 3 N–H and O–H groups in total. The molecule has 2 aromatic carbocycles. The highest BCUT2D eigenvalue weighted by Crippen LogP contribution is 2.27. The van der Waals surface area contributed by atoms with E-state index in [1.807, 2.05) is 30.3 Å². The van der Waals surface area contributed by atoms with Gasteiger partial charge in [-0.25, -0.2) is 9.59 Å². The number of amides is 3. The quantitative estimate of drug-likeness (QED) is 0.334. The van der Waals surface area contributed by atoms with Gasteiger partial charge in [0, 0.05) is 13.5 Å². The Balaban J connectivity index is 2.50. The first-order valence-corrected chi connectivity index (χ1v) is 14.4. The number of carbonyl (C=O) groups is 4. The standard InChI is InChI=1S/C33H47N3O7/c1-20(2)26(35-31(41)43-33(7,8)9)29(39)36(10)27(23-16-17-25(37)21(3)18-23)28(38)34-24(30(40)42-32(4,5)6)19-22-14-12-11-13-15-22/h11-18,20,24,26-27,37H,19H2,1-10H3,(H,34,38)(H,35,41). The molecule has 10 nitrogen and oxygen atoms in total. The maximum absolute atomic E-state index is 14.1. The first kappa shape index (κ1) is 35.1. The lowest BCUT2D eigenvalue weighted by atomic mass is 9.97. The number of ether oxygens (including phenoxy) is 2. The first-order valence-electron chi connectivity index (χ1n) is 14.4. The predicted octanol–water partition coefficient (Wildman–Crippen LogP) is 4.82. The molecule has 0 fully saturated rings. The maximum Gasteiger partial charge on any atom is 0.408 e. The van der Waals surface area contributed by atoms with Crippen LogP contribution in [-0.4, -0.2) is 64.2 Å². The smallest absolute Gasteiger partial charge is 0.408 e. The van der Waals surface area contributed by atoms with Crippen molar-refractivity contribution in [3.63, 3.8) is 0 Å². The van der Waals surface area contributed by atoms with Gasteiger partial charge in [0.2, 0.25) is 11.8 Å². The highest BCUT2D eigenvalue weighted by atomic mass is 16.6. The van der Waals surface area contributed by atoms with Gasteiger partial charge >= 0.3 is 12.1 Å². The van der Waals surface area contributed by atoms with Gasteiger partial charge in [0.15, 0.2) is 0 Å². The third-order valence-corrected chi connectivity index (χ3v) is 6.42. The zero-order chi connectivity index (χ0) is 32.7. The number of hydrogen-bond acceptors (Lipinski definition) is 7. The van der Waals surface area contributed by atoms with Gasteiger partial charge in [-0.1, -0.05) is 50.2 Å². The number of alkyl carbamates (subject to hydrolysis) is 1. The fourth-order valence-electron chi connectivity index (χ4n) is 4.36. The van der Waals surface area contributed by atoms with Crippen molar-refractivity contribution in [2.24, 2.45) is 5.92 Å². The number of carbonyl (C=O) groups excluding carboxylic acids is 4. The van der Waals surface area contributed by atoms with E-state index in [2.05, 4.69) is 10.6 Å². The van der Waals surface area contributed by atoms with Crippen molar-refractivity contribution in [1.29, 1.82) is 0 Å². The van der Waals surface area contributed by atoms with E-state index in [1.165, 1.54) is 18.0 Å². The van der Waals surface area contributed by atoms with E-state index in [0.29, 0.717) is 11.1 Å². The van der Waals surface area contributed by atoms with Crippen LogP contribution in [0.1, 0.15) is 78.1 Å². The molecular formula is C33H47N3O7. The van der Waals surface area contributed by atoms with Crippen LogP contribution in [-0.2, 0) is 30.3 Å². The van der Waals surface area contributed by atoms with Crippen LogP contribution in [0.15, 0.2) is 48.5 Å². The molecule has 0 aliphatic carbocycles. The number of nitrogens with one attached hydrogen (secondary N) is 2. The van der Waals surface area contributed by atoms with Gasteiger partial charge in [-0.2, -0.15) is 0 Å². The summed E-state index contributed by atoms with van der Waals surface area (Å²) >= 11 is 0. The molecule has 3 unspecified atom stereocenters. The Kier molecular flexibility index (Phi) is 11.8. The number of aryl methyl sites for hydroxylation is 1. The molecule has 0 aliphatic rings. The highest BCUT2D eigenvalue weighted by molar-refractivity contribution is 5.94. The van der Waals surface area contributed by atoms with E-state index < -0.39 is 53.2 Å². The maximum atomic E-state index is 14.1. The molecule has 0 spiro atoms. The molecule has 0 saturated carbocycles. The topological polar surface area (TPSA) is 134 Å². The van der Waals surface area contributed by atoms with Crippen LogP contribution in [0.4, 0.5) is 4.79 Å². The van der Waals surface area contributed by atoms with Crippen molar-refractivity contribution in [3.05, 3.63) is 65.2 Å². The number of rotatable bonds is 10. The number of hydrogen-bond donors (Lipinski definition) is 3. The summed E-state index contributed by atoms with van der Waals surface area (Å²) in [7, 11) is 1.46. The van der Waals surface area contributed by atoms with Gasteiger partial charge in [0.1, 0.15) is 35.1 Å². The van der Waals surface area contributed by atoms with Crippen molar-refractivity contribution in [1.82, 2.24) is 15.5 Å². The van der Waals surface area contributed by atoms with Gasteiger partial charge in [0.05, 0.1) is 0 Å². The van der Waals surface area contributed by atoms with Crippen LogP contribution < -0.4 is 10.6 Å². The summed E-state index contributed by atoms with van der Waals surface area (Å²) in [6, 6.07) is 10.5. The van der Waals surface area contributed by atoms with E-state index >= 15 is 0 Å². The first-order chi connectivity index (χ1) is 19.8. The van der Waals surface area contributed by atoms with Crippen molar-refractivity contribution in [2.75, 3.05) is 7.05 Å². The minimum absolute atomic E-state index is 0.0271. The largest absolute Gasteiger partial charge is 0.508 e. The molecule has 3 atom stereocenters. The molecule has 2 rings (SSSR count). The molecular weight excluding hydrogens is 550 g/mol. The van der Waals surface area contributed by atoms with Crippen LogP contribution in [0.25, 0.3) is 0 Å². The van der Waals surface area contributed by atoms with E-state index in [0.717, 1.165) is 5.56 Å². The Morgan fingerprint density at radius 3 is 1.98 bits per heavy atom. The van der Waals surface area contributed by atoms with Gasteiger partial charge < -0.3 is 30.1 Å². The minimum Gasteiger partial charge on any atom is -0.508 e. The van der Waals surface area contributed by atoms with Crippen LogP contribution in [0.2, 0.25) is 0 Å². The van der Waals surface area contributed by atoms with Gasteiger partial charge in [-0.15, -0.1) is 0 Å². The Bertz CT molecular complexity index is 1280. The van der Waals surface area contributed by atoms with Crippen LogP contribution in [0.3, 0.4) is 0 Å². The molecule has 236 valence electrons. The van der Waals surface area contributed by atoms with Crippen molar-refractivity contribution in [3.8, 4) is 5.75 Å². The van der Waals surface area contributed by atoms with Crippen molar-refractivity contribution < 1.29 is 33.8 Å². The summed E-state index contributed by atoms with van der Waals surface area (Å²) in [6.45, 7) is 15.6. The lowest BCUT2D eigenvalue weighted by Gasteiger charge is -2.34. The summed E-state index contributed by atoms with van der Waals surface area (Å²) in [5.74, 6) is -2.11. The van der Waals surface area contributed by atoms with E-state index in [1.54, 1.807) is 74.4 Å². The monoisotopic (exact) mass is 597 g/mol. The average Bonchev–Trinajstić information content (AvgIpc) is 2.87. The van der Waals surface area contributed by atoms with Crippen molar-refractivity contribution in [2.45, 2.75) is 98.1 Å². The Morgan fingerprint density at radius 2 is 1.47 bits per heavy atom. The van der Waals surface area contributed by atoms with Crippen LogP contribution in [0, 0.1) is 12.8 Å². The van der Waals surface area contributed by atoms with E-state index in [9.17, 15) is 24.3 Å². The molecule has 10 heteroatoms. The number of nitrogens with zero attached hydrogens (tertiary/aromatic N) is 1. The SMILES string of the molecule is Cc1cc(C(C(=O)NC(Cc2ccccc2)C(=O)OC(C)(C)C)N(C)C(=O)C(NC(=O)OC(C)(C)C)C(C)C)ccc1O. The van der Waals surface area contributed by atoms with E-state index in [4.69, 9.17) is 9.47 Å². The zero-order valence-electron chi connectivity index (χ0n) is 27.0. The normalized spacial score (nSPS) is 13.8. The Morgan fingerprint density at radius 1 is 0.884 bits per heavy atom. The summed E-state index contributed by atoms with van der Waals surface area (Å²) in [6.07, 6.45) is -0.600. The summed E-state index contributed by atoms with van der Waals surface area (Å²) < 4.78 is 11.0. The van der Waals surface area contributed by atoms with Crippen LogP contribution in [0.5, 0.6) is 5.75 Å². The molecule has 0 radical (unpaired) electrons. The molecule has 0 bridgehead atoms. The van der Waals surface area contributed by atoms with Crippen molar-refractivity contribution >= 4 is 23.9 Å². The second-order valence-electron chi connectivity index (χ2n) is 13.0. The highest BCUT2D eigenvalue weighted by Gasteiger charge is 2.37. The number of benzene rings is 2. The van der Waals surface area contributed by atoms with Gasteiger partial charge in [0.25, 0.3) is 0 Å². The summed E-state index contributed by atoms with van der Waals surface area (Å²) in [5.41, 5.74) is 0.139. The second kappa shape index (κ2) is 14.4. The Hall–Kier alpha value is -4.08. The molecule has 0 saturated heterocycles. The predicted molar refractivity (Wildman–Crippen MR) is 164 cm³/mol. The third kappa shape index (κ3) is 10.9. The molecule has 3 amide bonds. The number of likely N-dealkylation sites (N-methyl/N-ethyl adjacent to an activating group) is 1. The van der Waals surface area contributed by atoms with Gasteiger partial charge in [-0.05, 0) is 83.2 Å². The molecule has 43 heavy (non-hydrogen) atoms. The second-order valence-corrected chi connectivity index (χ2v) is 13.0. The third-order valence-electron chi connectivity index (χ3n) is 6.42. The minimum atomic E-state index is -1.21. The fourth-order valence-corrected chi connectivity index (χ4v) is 4.36. The fraction of sp³-hybridized carbons (Fsp3) is 0.515. The summed E-state index contributed by atoms with van der Waals surface area (Å²) in [5, 5.41) is 15.6. The van der Waals surface area contributed by atoms with Gasteiger partial charge in [-0.3, -0.25) is 9.59 Å². The number of esters is 1. The molecule has 0 aliphatic heterocycles. The number of phenols is 1. The number of aromatic hydroxyl groups is 1. The molecule has 2 aromatic rings. The zero-order valence-corrected chi connectivity index (χ0v) is 27.0. The van der Waals surface area contributed by atoms with E-state index in [-0.39, 0.29) is 18.1 Å². The lowest BCUT2D eigenvalue weighted by molar-refractivity contribution is -0.159. The Labute approximate surface area is 255 Å². The molecule has 0 aromatic heterocycles. The van der Waals surface area contributed by atoms with Crippen LogP contribution >= 0.6 is 0 Å². The lowest BCUT2D eigenvalue weighted by Crippen LogP contribution is -2.55. The number of phenolic OH excluding ortho intramolecular Hbond substituents is 1. The molecule has 0 heterocycles. The summed E-state index contributed by atoms with van der Waals surface area (Å²) in [4.78, 5) is 55.1. The average molecular weight is 598 g/mol.